The Morgan fingerprint density at radius 2 is 1.77 bits per heavy atom. The Morgan fingerprint density at radius 3 is 2.54 bits per heavy atom. The number of hydrogen-bond acceptors (Lipinski definition) is 4. The summed E-state index contributed by atoms with van der Waals surface area (Å²) in [6.07, 6.45) is 7.27. The van der Waals surface area contributed by atoms with Crippen LogP contribution in [0.1, 0.15) is 5.56 Å². The second-order valence-electron chi connectivity index (χ2n) is 5.74. The lowest BCUT2D eigenvalue weighted by Crippen LogP contribution is -2.00. The molecule has 0 aliphatic heterocycles. The molecule has 26 heavy (non-hydrogen) atoms. The van der Waals surface area contributed by atoms with E-state index in [4.69, 9.17) is 16.7 Å². The molecule has 1 N–H and O–H groups in total. The highest BCUT2D eigenvalue weighted by Crippen LogP contribution is 2.24. The van der Waals surface area contributed by atoms with Gasteiger partial charge in [-0.25, -0.2) is 9.67 Å². The van der Waals surface area contributed by atoms with Crippen LogP contribution < -0.4 is 5.32 Å². The van der Waals surface area contributed by atoms with Crippen molar-refractivity contribution in [2.24, 2.45) is 0 Å². The smallest absolute Gasteiger partial charge is 0.131 e. The molecule has 0 spiro atoms. The van der Waals surface area contributed by atoms with Gasteiger partial charge in [0.15, 0.2) is 0 Å². The molecule has 1 aromatic carbocycles. The Balaban J connectivity index is 1.68. The number of hydrogen-bond donors (Lipinski definition) is 1. The van der Waals surface area contributed by atoms with Crippen molar-refractivity contribution in [1.29, 1.82) is 0 Å². The fourth-order valence-electron chi connectivity index (χ4n) is 2.71. The van der Waals surface area contributed by atoms with Crippen LogP contribution in [0.3, 0.4) is 0 Å². The van der Waals surface area contributed by atoms with Crippen molar-refractivity contribution in [2.75, 3.05) is 5.32 Å². The van der Waals surface area contributed by atoms with Gasteiger partial charge in [0.25, 0.3) is 0 Å². The monoisotopic (exact) mass is 361 g/mol. The van der Waals surface area contributed by atoms with Gasteiger partial charge in [-0.3, -0.25) is 4.98 Å². The Hall–Kier alpha value is -3.18. The maximum Gasteiger partial charge on any atom is 0.131 e. The summed E-state index contributed by atoms with van der Waals surface area (Å²) in [4.78, 5) is 8.10. The highest BCUT2D eigenvalue weighted by molar-refractivity contribution is 6.29. The topological polar surface area (TPSA) is 55.6 Å². The molecule has 0 aliphatic carbocycles. The van der Waals surface area contributed by atoms with E-state index in [0.29, 0.717) is 11.7 Å². The van der Waals surface area contributed by atoms with Gasteiger partial charge in [-0.2, -0.15) is 5.10 Å². The van der Waals surface area contributed by atoms with Crippen LogP contribution in [0.25, 0.3) is 16.9 Å². The third kappa shape index (κ3) is 3.58. The van der Waals surface area contributed by atoms with Crippen molar-refractivity contribution in [3.05, 3.63) is 90.1 Å². The first kappa shape index (κ1) is 16.3. The van der Waals surface area contributed by atoms with Gasteiger partial charge in [0.05, 0.1) is 11.4 Å². The summed E-state index contributed by atoms with van der Waals surface area (Å²) in [5.74, 6) is 0. The fraction of sp³-hybridized carbons (Fsp3) is 0.0500. The van der Waals surface area contributed by atoms with Gasteiger partial charge in [-0.15, -0.1) is 0 Å². The quantitative estimate of drug-likeness (QED) is 0.528. The van der Waals surface area contributed by atoms with Gasteiger partial charge >= 0.3 is 0 Å². The van der Waals surface area contributed by atoms with E-state index in [2.05, 4.69) is 15.3 Å². The molecular formula is C20H16ClN5. The average molecular weight is 362 g/mol. The molecule has 0 amide bonds. The van der Waals surface area contributed by atoms with Crippen molar-refractivity contribution >= 4 is 17.3 Å². The predicted octanol–water partition coefficient (Wildman–Crippen LogP) is 4.59. The summed E-state index contributed by atoms with van der Waals surface area (Å²) in [5, 5.41) is 8.64. The molecule has 0 fully saturated rings. The molecule has 0 saturated heterocycles. The van der Waals surface area contributed by atoms with E-state index in [1.807, 2.05) is 59.4 Å². The number of rotatable bonds is 5. The number of nitrogens with one attached hydrogen (secondary N) is 1. The molecule has 6 heteroatoms. The van der Waals surface area contributed by atoms with E-state index in [9.17, 15) is 0 Å². The first-order chi connectivity index (χ1) is 12.8. The summed E-state index contributed by atoms with van der Waals surface area (Å²) in [6, 6.07) is 17.7. The molecule has 5 nitrogen and oxygen atoms in total. The van der Waals surface area contributed by atoms with Gasteiger partial charge in [-0.05, 0) is 36.4 Å². The molecule has 3 aromatic heterocycles. The number of aromatic nitrogens is 4. The number of para-hydroxylation sites is 1. The summed E-state index contributed by atoms with van der Waals surface area (Å²) in [5.41, 5.74) is 4.95. The summed E-state index contributed by atoms with van der Waals surface area (Å²) < 4.78 is 1.90. The highest BCUT2D eigenvalue weighted by Gasteiger charge is 2.12. The summed E-state index contributed by atoms with van der Waals surface area (Å²) in [7, 11) is 0. The van der Waals surface area contributed by atoms with Crippen LogP contribution >= 0.6 is 11.6 Å². The highest BCUT2D eigenvalue weighted by atomic mass is 35.5. The van der Waals surface area contributed by atoms with E-state index >= 15 is 0 Å². The molecule has 4 rings (SSSR count). The van der Waals surface area contributed by atoms with E-state index in [-0.39, 0.29) is 0 Å². The second-order valence-corrected chi connectivity index (χ2v) is 6.13. The molecule has 4 aromatic rings. The molecule has 0 aliphatic rings. The lowest BCUT2D eigenvalue weighted by molar-refractivity contribution is 0.883. The van der Waals surface area contributed by atoms with Crippen LogP contribution in [0, 0.1) is 0 Å². The van der Waals surface area contributed by atoms with E-state index in [1.54, 1.807) is 24.7 Å². The maximum atomic E-state index is 5.96. The summed E-state index contributed by atoms with van der Waals surface area (Å²) in [6.45, 7) is 0.616. The van der Waals surface area contributed by atoms with Crippen LogP contribution in [0.15, 0.2) is 79.4 Å². The first-order valence-corrected chi connectivity index (χ1v) is 8.57. The van der Waals surface area contributed by atoms with Gasteiger partial charge in [0.2, 0.25) is 0 Å². The van der Waals surface area contributed by atoms with E-state index in [1.165, 1.54) is 0 Å². The van der Waals surface area contributed by atoms with Gasteiger partial charge < -0.3 is 5.32 Å². The largest absolute Gasteiger partial charge is 0.381 e. The zero-order chi connectivity index (χ0) is 17.8. The minimum atomic E-state index is 0.462. The Labute approximate surface area is 156 Å². The number of benzene rings is 1. The van der Waals surface area contributed by atoms with Gasteiger partial charge in [0.1, 0.15) is 5.15 Å². The van der Waals surface area contributed by atoms with Crippen LogP contribution in [0.5, 0.6) is 0 Å². The van der Waals surface area contributed by atoms with Gasteiger partial charge in [0, 0.05) is 48.1 Å². The van der Waals surface area contributed by atoms with Crippen LogP contribution in [0.2, 0.25) is 5.15 Å². The normalized spacial score (nSPS) is 10.7. The van der Waals surface area contributed by atoms with Crippen molar-refractivity contribution in [2.45, 2.75) is 6.54 Å². The lowest BCUT2D eigenvalue weighted by atomic mass is 10.1. The third-order valence-corrected chi connectivity index (χ3v) is 4.18. The molecule has 0 atom stereocenters. The first-order valence-electron chi connectivity index (χ1n) is 8.19. The van der Waals surface area contributed by atoms with Crippen molar-refractivity contribution < 1.29 is 0 Å². The molecule has 0 radical (unpaired) electrons. The van der Waals surface area contributed by atoms with Crippen LogP contribution in [-0.2, 0) is 6.54 Å². The van der Waals surface area contributed by atoms with Crippen molar-refractivity contribution in [1.82, 2.24) is 19.7 Å². The minimum absolute atomic E-state index is 0.462. The van der Waals surface area contributed by atoms with Crippen LogP contribution in [-0.4, -0.2) is 19.7 Å². The van der Waals surface area contributed by atoms with Crippen LogP contribution in [0.4, 0.5) is 5.69 Å². The Kier molecular flexibility index (Phi) is 4.62. The average Bonchev–Trinajstić information content (AvgIpc) is 3.12. The minimum Gasteiger partial charge on any atom is -0.381 e. The molecule has 128 valence electrons. The second kappa shape index (κ2) is 7.37. The zero-order valence-electron chi connectivity index (χ0n) is 13.9. The number of nitrogens with zero attached hydrogens (tertiary/aromatic N) is 4. The zero-order valence-corrected chi connectivity index (χ0v) is 14.6. The third-order valence-electron chi connectivity index (χ3n) is 3.97. The molecule has 0 saturated carbocycles. The van der Waals surface area contributed by atoms with E-state index in [0.717, 1.165) is 28.2 Å². The fourth-order valence-corrected chi connectivity index (χ4v) is 2.89. The maximum absolute atomic E-state index is 5.96. The summed E-state index contributed by atoms with van der Waals surface area (Å²) >= 11 is 5.96. The van der Waals surface area contributed by atoms with Gasteiger partial charge in [-0.1, -0.05) is 29.8 Å². The lowest BCUT2D eigenvalue weighted by Gasteiger charge is -2.06. The Morgan fingerprint density at radius 1 is 0.962 bits per heavy atom. The van der Waals surface area contributed by atoms with Crippen molar-refractivity contribution in [3.63, 3.8) is 0 Å². The SMILES string of the molecule is Clc1cc(NCc2cn(-c3ccccc3)nc2-c2ccncc2)ccn1. The molecular weight excluding hydrogens is 346 g/mol. The van der Waals surface area contributed by atoms with Crippen molar-refractivity contribution in [3.8, 4) is 16.9 Å². The number of halogens is 1. The van der Waals surface area contributed by atoms with E-state index < -0.39 is 0 Å². The standard InChI is InChI=1S/C20H16ClN5/c21-19-12-17(8-11-23-19)24-13-16-14-26(18-4-2-1-3-5-18)25-20(16)15-6-9-22-10-7-15/h1-12,14H,13H2,(H,23,24). The Bertz CT molecular complexity index is 999. The number of anilines is 1. The molecule has 0 unspecified atom stereocenters. The molecule has 0 bridgehead atoms. The number of pyridine rings is 2. The predicted molar refractivity (Wildman–Crippen MR) is 103 cm³/mol. The molecule has 3 heterocycles.